The molecule has 15 heteroatoms. The molecular formula is C35H61ClN3O10P. The van der Waals surface area contributed by atoms with Gasteiger partial charge in [-0.05, 0) is 26.7 Å². The summed E-state index contributed by atoms with van der Waals surface area (Å²) in [4.78, 5) is 31.0. The summed E-state index contributed by atoms with van der Waals surface area (Å²) >= 11 is 5.92. The molecular weight excluding hydrogens is 689 g/mol. The van der Waals surface area contributed by atoms with Crippen molar-refractivity contribution in [3.05, 3.63) is 22.9 Å². The molecule has 1 rings (SSSR count). The number of nitrogen functional groups attached to an aromatic ring is 1. The zero-order chi connectivity index (χ0) is 36.9. The van der Waals surface area contributed by atoms with Gasteiger partial charge in [-0.25, -0.2) is 9.78 Å². The molecule has 0 saturated carbocycles. The largest absolute Gasteiger partial charge is 0.510 e. The van der Waals surface area contributed by atoms with Crippen LogP contribution in [0, 0.1) is 0 Å². The van der Waals surface area contributed by atoms with Crippen LogP contribution in [0.2, 0.25) is 5.15 Å². The number of hydrogen-bond donors (Lipinski definition) is 1. The molecule has 0 aliphatic heterocycles. The van der Waals surface area contributed by atoms with Crippen molar-refractivity contribution in [3.8, 4) is 5.88 Å². The van der Waals surface area contributed by atoms with Crippen LogP contribution in [0.15, 0.2) is 17.7 Å². The Labute approximate surface area is 304 Å². The van der Waals surface area contributed by atoms with Gasteiger partial charge in [-0.15, -0.1) is 0 Å². The van der Waals surface area contributed by atoms with E-state index in [1.54, 1.807) is 13.8 Å². The van der Waals surface area contributed by atoms with Crippen molar-refractivity contribution >= 4 is 37.3 Å². The van der Waals surface area contributed by atoms with Crippen molar-refractivity contribution in [2.24, 2.45) is 0 Å². The summed E-state index contributed by atoms with van der Waals surface area (Å²) in [5.41, 5.74) is 6.05. The van der Waals surface area contributed by atoms with Crippen molar-refractivity contribution < 1.29 is 46.9 Å². The first-order valence-corrected chi connectivity index (χ1v) is 20.2. The molecule has 1 aromatic heterocycles. The minimum Gasteiger partial charge on any atom is -0.473 e. The van der Waals surface area contributed by atoms with Crippen molar-refractivity contribution in [1.82, 2.24) is 9.97 Å². The number of halogens is 1. The Morgan fingerprint density at radius 2 is 1.44 bits per heavy atom. The summed E-state index contributed by atoms with van der Waals surface area (Å²) in [6.07, 6.45) is 18.6. The fraction of sp³-hybridized carbons (Fsp3) is 0.771. The van der Waals surface area contributed by atoms with E-state index in [0.29, 0.717) is 25.2 Å². The van der Waals surface area contributed by atoms with E-state index >= 15 is 0 Å². The molecule has 0 radical (unpaired) electrons. The number of aromatic nitrogens is 2. The number of nitrogens with two attached hydrogens (primary N) is 1. The van der Waals surface area contributed by atoms with Gasteiger partial charge >= 0.3 is 19.7 Å². The number of esters is 1. The van der Waals surface area contributed by atoms with Crippen LogP contribution in [-0.2, 0) is 37.4 Å². The summed E-state index contributed by atoms with van der Waals surface area (Å²) in [6, 6.07) is 1.37. The molecule has 0 aliphatic carbocycles. The summed E-state index contributed by atoms with van der Waals surface area (Å²) in [5.74, 6) is -0.506. The molecule has 0 aromatic carbocycles. The first-order valence-electron chi connectivity index (χ1n) is 18.1. The first-order chi connectivity index (χ1) is 24.0. The van der Waals surface area contributed by atoms with Crippen LogP contribution in [-0.4, -0.2) is 74.2 Å². The van der Waals surface area contributed by atoms with Crippen LogP contribution in [0.3, 0.4) is 0 Å². The smallest absolute Gasteiger partial charge is 0.473 e. The molecule has 1 atom stereocenters. The Kier molecular flexibility index (Phi) is 26.6. The van der Waals surface area contributed by atoms with Gasteiger partial charge in [0.25, 0.3) is 0 Å². The summed E-state index contributed by atoms with van der Waals surface area (Å²) in [6.45, 7) is 7.10. The van der Waals surface area contributed by atoms with Gasteiger partial charge in [-0.1, -0.05) is 108 Å². The van der Waals surface area contributed by atoms with Gasteiger partial charge < -0.3 is 33.9 Å². The lowest BCUT2D eigenvalue weighted by Crippen LogP contribution is -2.15. The standard InChI is InChI=1S/C35H61ClN3O10P/c1-5-6-7-8-9-10-11-12-13-14-15-16-17-18-21-43-22-19-23-47-50(42,48-28-46-35(41)49-29(2)3)24-20-31(26-44-30(4)40)27-45-33-25-32(36)38-34(37)39-33/h20,25,29H,5-19,21-24,26-28H2,1-4H3,(H2,37,38,39). The minimum atomic E-state index is -3.84. The molecule has 0 aliphatic rings. The lowest BCUT2D eigenvalue weighted by Gasteiger charge is -2.18. The van der Waals surface area contributed by atoms with Crippen LogP contribution in [0.25, 0.3) is 0 Å². The molecule has 2 N–H and O–H groups in total. The molecule has 1 heterocycles. The Bertz CT molecular complexity index is 1120. The normalized spacial score (nSPS) is 12.9. The third-order valence-corrected chi connectivity index (χ3v) is 9.18. The van der Waals surface area contributed by atoms with Gasteiger partial charge in [0.2, 0.25) is 18.6 Å². The van der Waals surface area contributed by atoms with Crippen LogP contribution in [0.5, 0.6) is 5.88 Å². The van der Waals surface area contributed by atoms with Crippen molar-refractivity contribution in [2.75, 3.05) is 51.7 Å². The Hall–Kier alpha value is -2.44. The molecule has 0 fully saturated rings. The summed E-state index contributed by atoms with van der Waals surface area (Å²) < 4.78 is 51.0. The molecule has 0 bridgehead atoms. The van der Waals surface area contributed by atoms with E-state index in [9.17, 15) is 14.2 Å². The van der Waals surface area contributed by atoms with Crippen molar-refractivity contribution in [2.45, 2.75) is 130 Å². The number of carbonyl (C=O) groups is 2. The number of nitrogens with zero attached hydrogens (tertiary/aromatic N) is 2. The minimum absolute atomic E-state index is 0.0782. The SMILES string of the molecule is CCCCCCCCCCCCCCCCOCCCOP(=O)(CC=C(COC(C)=O)COc1cc(Cl)nc(N)n1)OCOC(=O)OC(C)C. The van der Waals surface area contributed by atoms with E-state index in [2.05, 4.69) is 16.9 Å². The molecule has 1 aromatic rings. The number of rotatable bonds is 31. The predicted octanol–water partition coefficient (Wildman–Crippen LogP) is 9.21. The maximum atomic E-state index is 13.6. The zero-order valence-electron chi connectivity index (χ0n) is 30.7. The molecule has 50 heavy (non-hydrogen) atoms. The topological polar surface area (TPSA) is 168 Å². The van der Waals surface area contributed by atoms with Crippen LogP contribution >= 0.6 is 19.2 Å². The fourth-order valence-electron chi connectivity index (χ4n) is 4.64. The molecule has 0 amide bonds. The van der Waals surface area contributed by atoms with E-state index in [1.165, 1.54) is 96.1 Å². The van der Waals surface area contributed by atoms with Crippen molar-refractivity contribution in [3.63, 3.8) is 0 Å². The number of hydrogen-bond acceptors (Lipinski definition) is 13. The number of carbonyl (C=O) groups excluding carboxylic acids is 2. The number of anilines is 1. The highest BCUT2D eigenvalue weighted by molar-refractivity contribution is 7.54. The lowest BCUT2D eigenvalue weighted by atomic mass is 10.0. The highest BCUT2D eigenvalue weighted by Gasteiger charge is 2.25. The summed E-state index contributed by atoms with van der Waals surface area (Å²) in [5, 5.41) is 0.0869. The van der Waals surface area contributed by atoms with E-state index in [-0.39, 0.29) is 43.0 Å². The second-order valence-electron chi connectivity index (χ2n) is 12.3. The Morgan fingerprint density at radius 3 is 2.02 bits per heavy atom. The lowest BCUT2D eigenvalue weighted by molar-refractivity contribution is -0.140. The zero-order valence-corrected chi connectivity index (χ0v) is 32.3. The Morgan fingerprint density at radius 1 is 0.840 bits per heavy atom. The number of allylic oxidation sites excluding steroid dienone is 1. The monoisotopic (exact) mass is 749 g/mol. The average Bonchev–Trinajstić information content (AvgIpc) is 3.04. The van der Waals surface area contributed by atoms with Gasteiger partial charge in [0.05, 0.1) is 18.9 Å². The third-order valence-electron chi connectivity index (χ3n) is 7.28. The van der Waals surface area contributed by atoms with Crippen LogP contribution in [0.4, 0.5) is 10.7 Å². The number of ether oxygens (including phenoxy) is 5. The van der Waals surface area contributed by atoms with E-state index < -0.39 is 32.6 Å². The fourth-order valence-corrected chi connectivity index (χ4v) is 6.21. The average molecular weight is 750 g/mol. The van der Waals surface area contributed by atoms with E-state index in [0.717, 1.165) is 12.8 Å². The van der Waals surface area contributed by atoms with E-state index in [4.69, 9.17) is 50.1 Å². The van der Waals surface area contributed by atoms with Gasteiger partial charge in [0.15, 0.2) is 0 Å². The molecule has 13 nitrogen and oxygen atoms in total. The molecule has 1 unspecified atom stereocenters. The van der Waals surface area contributed by atoms with Gasteiger partial charge in [0.1, 0.15) is 18.4 Å². The quantitative estimate of drug-likeness (QED) is 0.0191. The maximum Gasteiger partial charge on any atom is 0.510 e. The van der Waals surface area contributed by atoms with Gasteiger partial charge in [-0.2, -0.15) is 4.98 Å². The second kappa shape index (κ2) is 29.2. The van der Waals surface area contributed by atoms with Crippen LogP contribution in [0.1, 0.15) is 124 Å². The number of unbranched alkanes of at least 4 members (excludes halogenated alkanes) is 13. The third kappa shape index (κ3) is 26.4. The second-order valence-corrected chi connectivity index (χ2v) is 14.8. The predicted molar refractivity (Wildman–Crippen MR) is 194 cm³/mol. The van der Waals surface area contributed by atoms with Gasteiger partial charge in [-0.3, -0.25) is 13.9 Å². The highest BCUT2D eigenvalue weighted by atomic mass is 35.5. The maximum absolute atomic E-state index is 13.6. The van der Waals surface area contributed by atoms with E-state index in [1.807, 2.05) is 0 Å². The molecule has 0 spiro atoms. The Balaban J connectivity index is 2.47. The summed E-state index contributed by atoms with van der Waals surface area (Å²) in [7, 11) is -3.84. The van der Waals surface area contributed by atoms with Gasteiger partial charge in [0, 0.05) is 31.8 Å². The molecule has 288 valence electrons. The van der Waals surface area contributed by atoms with Crippen molar-refractivity contribution in [1.29, 1.82) is 0 Å². The first kappa shape index (κ1) is 45.6. The van der Waals surface area contributed by atoms with Crippen LogP contribution < -0.4 is 10.5 Å². The molecule has 0 saturated heterocycles. The highest BCUT2D eigenvalue weighted by Crippen LogP contribution is 2.48.